The van der Waals surface area contributed by atoms with Gasteiger partial charge in [0.2, 0.25) is 0 Å². The number of ether oxygens (including phenoxy) is 1. The number of unbranched alkanes of at least 4 members (excludes halogenated alkanes) is 2. The van der Waals surface area contributed by atoms with E-state index in [-0.39, 0.29) is 12.4 Å². The Bertz CT molecular complexity index is 371. The molecule has 0 aliphatic rings. The average Bonchev–Trinajstić information content (AvgIpc) is 2.41. The molecular formula is C15H19FO2. The van der Waals surface area contributed by atoms with E-state index in [1.807, 2.05) is 6.08 Å². The van der Waals surface area contributed by atoms with Crippen LogP contribution in [0.5, 0.6) is 5.75 Å². The first-order chi connectivity index (χ1) is 8.77. The van der Waals surface area contributed by atoms with E-state index in [0.29, 0.717) is 17.7 Å². The predicted molar refractivity (Wildman–Crippen MR) is 70.9 cm³/mol. The van der Waals surface area contributed by atoms with Gasteiger partial charge in [0.05, 0.1) is 0 Å². The highest BCUT2D eigenvalue weighted by Gasteiger charge is 2.05. The Morgan fingerprint density at radius 3 is 2.61 bits per heavy atom. The molecule has 0 atom stereocenters. The topological polar surface area (TPSA) is 26.3 Å². The van der Waals surface area contributed by atoms with Gasteiger partial charge in [-0.05, 0) is 43.5 Å². The van der Waals surface area contributed by atoms with Crippen LogP contribution in [0.4, 0.5) is 4.39 Å². The molecule has 0 aliphatic heterocycles. The van der Waals surface area contributed by atoms with E-state index in [2.05, 4.69) is 6.58 Å². The number of hydrogen-bond acceptors (Lipinski definition) is 2. The Balaban J connectivity index is 2.41. The highest BCUT2D eigenvalue weighted by atomic mass is 18.2. The molecule has 0 radical (unpaired) electrons. The van der Waals surface area contributed by atoms with E-state index in [4.69, 9.17) is 4.74 Å². The van der Waals surface area contributed by atoms with Crippen molar-refractivity contribution in [2.75, 3.05) is 13.3 Å². The van der Waals surface area contributed by atoms with E-state index in [1.54, 1.807) is 24.3 Å². The molecule has 1 aromatic carbocycles. The van der Waals surface area contributed by atoms with Crippen LogP contribution in [-0.2, 0) is 0 Å². The van der Waals surface area contributed by atoms with Crippen LogP contribution in [0.3, 0.4) is 0 Å². The summed E-state index contributed by atoms with van der Waals surface area (Å²) in [5.41, 5.74) is 0.682. The smallest absolute Gasteiger partial charge is 0.162 e. The fourth-order valence-corrected chi connectivity index (χ4v) is 1.61. The molecule has 0 heterocycles. The highest BCUT2D eigenvalue weighted by Crippen LogP contribution is 2.14. The lowest BCUT2D eigenvalue weighted by Gasteiger charge is -2.05. The number of allylic oxidation sites excluding steroid dienone is 1. The van der Waals surface area contributed by atoms with E-state index in [1.165, 1.54) is 0 Å². The van der Waals surface area contributed by atoms with Crippen molar-refractivity contribution in [1.29, 1.82) is 0 Å². The molecule has 1 rings (SSSR count). The summed E-state index contributed by atoms with van der Waals surface area (Å²) < 4.78 is 17.0. The zero-order chi connectivity index (χ0) is 13.2. The van der Waals surface area contributed by atoms with Gasteiger partial charge in [0.1, 0.15) is 19.0 Å². The van der Waals surface area contributed by atoms with Gasteiger partial charge in [-0.2, -0.15) is 0 Å². The molecule has 0 N–H and O–H groups in total. The summed E-state index contributed by atoms with van der Waals surface area (Å²) >= 11 is 0. The number of benzene rings is 1. The lowest BCUT2D eigenvalue weighted by Crippen LogP contribution is -2.01. The van der Waals surface area contributed by atoms with Gasteiger partial charge in [-0.25, -0.2) is 4.39 Å². The Hall–Kier alpha value is -1.64. The van der Waals surface area contributed by atoms with Crippen LogP contribution in [0.15, 0.2) is 36.9 Å². The molecular weight excluding hydrogens is 230 g/mol. The molecule has 0 bridgehead atoms. The summed E-state index contributed by atoms with van der Waals surface area (Å²) in [6.45, 7) is 3.18. The van der Waals surface area contributed by atoms with E-state index < -0.39 is 6.67 Å². The largest absolute Gasteiger partial charge is 0.491 e. The monoisotopic (exact) mass is 249 g/mol. The SMILES string of the molecule is C=CCCCCC(=O)c1ccc(OCC[18F])cc1. The number of Topliss-reactive ketones (excluding diaryl/α,β-unsaturated/α-hetero) is 1. The average molecular weight is 249 g/mol. The molecule has 98 valence electrons. The van der Waals surface area contributed by atoms with Crippen LogP contribution >= 0.6 is 0 Å². The first-order valence-electron chi connectivity index (χ1n) is 6.21. The van der Waals surface area contributed by atoms with Gasteiger partial charge in [-0.3, -0.25) is 4.79 Å². The first-order valence-corrected chi connectivity index (χ1v) is 6.21. The number of rotatable bonds is 9. The lowest BCUT2D eigenvalue weighted by molar-refractivity contribution is 0.0979. The molecule has 0 spiro atoms. The number of ketones is 1. The van der Waals surface area contributed by atoms with E-state index >= 15 is 0 Å². The fraction of sp³-hybridized carbons (Fsp3) is 0.400. The summed E-state index contributed by atoms with van der Waals surface area (Å²) in [7, 11) is 0. The second kappa shape index (κ2) is 8.45. The number of carbonyl (C=O) groups excluding carboxylic acids is 1. The van der Waals surface area contributed by atoms with Crippen molar-refractivity contribution in [2.45, 2.75) is 25.7 Å². The molecule has 0 amide bonds. The predicted octanol–water partition coefficient (Wildman–Crippen LogP) is 3.96. The van der Waals surface area contributed by atoms with Gasteiger partial charge in [0, 0.05) is 12.0 Å². The van der Waals surface area contributed by atoms with Crippen LogP contribution < -0.4 is 4.74 Å². The van der Waals surface area contributed by atoms with Gasteiger partial charge in [0.15, 0.2) is 5.78 Å². The summed E-state index contributed by atoms with van der Waals surface area (Å²) in [4.78, 5) is 11.8. The second-order valence-electron chi connectivity index (χ2n) is 4.02. The third-order valence-electron chi connectivity index (χ3n) is 2.58. The minimum absolute atomic E-state index is 0.0504. The molecule has 0 aromatic heterocycles. The molecule has 0 fully saturated rings. The van der Waals surface area contributed by atoms with Crippen molar-refractivity contribution in [1.82, 2.24) is 0 Å². The highest BCUT2D eigenvalue weighted by molar-refractivity contribution is 5.96. The normalized spacial score (nSPS) is 10.1. The quantitative estimate of drug-likeness (QED) is 0.376. The number of alkyl halides is 1. The van der Waals surface area contributed by atoms with E-state index in [9.17, 15) is 9.18 Å². The van der Waals surface area contributed by atoms with Crippen molar-refractivity contribution in [2.24, 2.45) is 0 Å². The molecule has 0 saturated heterocycles. The third-order valence-corrected chi connectivity index (χ3v) is 2.58. The van der Waals surface area contributed by atoms with Gasteiger partial charge < -0.3 is 4.74 Å². The lowest BCUT2D eigenvalue weighted by atomic mass is 10.0. The zero-order valence-electron chi connectivity index (χ0n) is 10.5. The van der Waals surface area contributed by atoms with Gasteiger partial charge in [-0.1, -0.05) is 6.08 Å². The molecule has 1 aromatic rings. The zero-order valence-corrected chi connectivity index (χ0v) is 10.5. The summed E-state index contributed by atoms with van der Waals surface area (Å²) in [5.74, 6) is 0.729. The first kappa shape index (κ1) is 14.4. The molecule has 0 aliphatic carbocycles. The standard InChI is InChI=1S/C15H19FO2/c1-2-3-4-5-6-15(17)13-7-9-14(10-8-13)18-12-11-16/h2,7-10H,1,3-6,11-12H2/i16-1. The third kappa shape index (κ3) is 5.13. The van der Waals surface area contributed by atoms with Crippen LogP contribution in [0, 0.1) is 0 Å². The number of halogens is 1. The summed E-state index contributed by atoms with van der Waals surface area (Å²) in [6, 6.07) is 6.85. The van der Waals surface area contributed by atoms with Crippen molar-refractivity contribution >= 4 is 5.78 Å². The van der Waals surface area contributed by atoms with Crippen LogP contribution in [0.2, 0.25) is 0 Å². The fourth-order valence-electron chi connectivity index (χ4n) is 1.61. The van der Waals surface area contributed by atoms with Crippen molar-refractivity contribution < 1.29 is 13.9 Å². The van der Waals surface area contributed by atoms with Crippen LogP contribution in [0.25, 0.3) is 0 Å². The van der Waals surface area contributed by atoms with E-state index in [0.717, 1.165) is 19.3 Å². The minimum Gasteiger partial charge on any atom is -0.491 e. The second-order valence-corrected chi connectivity index (χ2v) is 4.02. The van der Waals surface area contributed by atoms with Crippen molar-refractivity contribution in [3.63, 3.8) is 0 Å². The Morgan fingerprint density at radius 1 is 1.28 bits per heavy atom. The maximum absolute atomic E-state index is 11.9. The molecule has 2 nitrogen and oxygen atoms in total. The van der Waals surface area contributed by atoms with Crippen molar-refractivity contribution in [3.8, 4) is 5.75 Å². The summed E-state index contributed by atoms with van der Waals surface area (Å²) in [5, 5.41) is 0. The Labute approximate surface area is 107 Å². The molecule has 0 saturated carbocycles. The minimum atomic E-state index is -0.510. The molecule has 18 heavy (non-hydrogen) atoms. The molecule has 0 unspecified atom stereocenters. The maximum atomic E-state index is 11.9. The van der Waals surface area contributed by atoms with Crippen LogP contribution in [-0.4, -0.2) is 19.1 Å². The maximum Gasteiger partial charge on any atom is 0.162 e. The number of hydrogen-bond donors (Lipinski definition) is 0. The Morgan fingerprint density at radius 2 is 2.00 bits per heavy atom. The van der Waals surface area contributed by atoms with Crippen LogP contribution in [0.1, 0.15) is 36.0 Å². The number of carbonyl (C=O) groups is 1. The van der Waals surface area contributed by atoms with Gasteiger partial charge in [0.25, 0.3) is 0 Å². The van der Waals surface area contributed by atoms with Crippen molar-refractivity contribution in [3.05, 3.63) is 42.5 Å². The molecule has 3 heteroatoms. The Kier molecular flexibility index (Phi) is 6.77. The van der Waals surface area contributed by atoms with Gasteiger partial charge in [-0.15, -0.1) is 6.58 Å². The summed E-state index contributed by atoms with van der Waals surface area (Å²) in [6.07, 6.45) is 5.24. The van der Waals surface area contributed by atoms with Gasteiger partial charge >= 0.3 is 0 Å².